The molecule has 3 rings (SSSR count). The summed E-state index contributed by atoms with van der Waals surface area (Å²) in [6.45, 7) is 2.63. The van der Waals surface area contributed by atoms with Gasteiger partial charge in [0.25, 0.3) is 5.91 Å². The maximum Gasteiger partial charge on any atom is 0.405 e. The summed E-state index contributed by atoms with van der Waals surface area (Å²) in [5.41, 5.74) is 6.46. The van der Waals surface area contributed by atoms with E-state index in [1.807, 2.05) is 0 Å². The average Bonchev–Trinajstić information content (AvgIpc) is 2.83. The monoisotopic (exact) mass is 558 g/mol. The number of carbonyl (C=O) groups is 2. The highest BCUT2D eigenvalue weighted by atomic mass is 35.5. The van der Waals surface area contributed by atoms with Gasteiger partial charge in [0.2, 0.25) is 0 Å². The molecular weight excluding hydrogens is 531 g/mol. The molecule has 12 heteroatoms. The minimum absolute atomic E-state index is 0.121. The van der Waals surface area contributed by atoms with E-state index >= 15 is 0 Å². The number of hydrogen-bond acceptors (Lipinski definition) is 6. The first kappa shape index (κ1) is 28.0. The van der Waals surface area contributed by atoms with Gasteiger partial charge in [-0.3, -0.25) is 4.79 Å². The Bertz CT molecular complexity index is 1080. The van der Waals surface area contributed by atoms with Crippen molar-refractivity contribution in [2.75, 3.05) is 45.6 Å². The van der Waals surface area contributed by atoms with E-state index in [0.29, 0.717) is 50.9 Å². The lowest BCUT2D eigenvalue weighted by Gasteiger charge is -2.34. The van der Waals surface area contributed by atoms with Crippen LogP contribution >= 0.6 is 34.8 Å². The largest absolute Gasteiger partial charge is 0.496 e. The Morgan fingerprint density at radius 1 is 1.14 bits per heavy atom. The number of carbonyl (C=O) groups excluding carboxylic acids is 1. The predicted molar refractivity (Wildman–Crippen MR) is 141 cm³/mol. The molecule has 0 spiro atoms. The normalized spacial score (nSPS) is 15.2. The van der Waals surface area contributed by atoms with Gasteiger partial charge in [-0.2, -0.15) is 0 Å². The standard InChI is InChI=1S/C24H29Cl3N4O5/c1-35-22-10-20(28)18(26)9-17(22)23(32)29-11-14-4-6-31(7-5-14)12-16(30-24(33)34)13-36-21-3-2-15(25)8-19(21)27/h2-3,8-10,14,16,30H,4-7,11-13,28H2,1H3,(H,29,32)(H,33,34). The highest BCUT2D eigenvalue weighted by molar-refractivity contribution is 6.35. The molecule has 2 aromatic rings. The van der Waals surface area contributed by atoms with E-state index in [-0.39, 0.29) is 18.4 Å². The summed E-state index contributed by atoms with van der Waals surface area (Å²) in [7, 11) is 1.47. The number of methoxy groups -OCH3 is 1. The number of hydrogen-bond donors (Lipinski definition) is 4. The van der Waals surface area contributed by atoms with Crippen molar-refractivity contribution in [1.29, 1.82) is 0 Å². The molecule has 196 valence electrons. The molecule has 1 fully saturated rings. The molecule has 0 saturated carbocycles. The SMILES string of the molecule is COc1cc(N)c(Cl)cc1C(=O)NCC1CCN(CC(COc2ccc(Cl)cc2Cl)NC(=O)O)CC1. The molecule has 5 N–H and O–H groups in total. The van der Waals surface area contributed by atoms with E-state index in [4.69, 9.17) is 50.0 Å². The molecule has 1 unspecified atom stereocenters. The third kappa shape index (κ3) is 7.96. The zero-order valence-corrected chi connectivity index (χ0v) is 22.0. The van der Waals surface area contributed by atoms with Crippen LogP contribution in [0.15, 0.2) is 30.3 Å². The van der Waals surface area contributed by atoms with Crippen LogP contribution in [-0.4, -0.2) is 67.9 Å². The fourth-order valence-electron chi connectivity index (χ4n) is 4.03. The highest BCUT2D eigenvalue weighted by Gasteiger charge is 2.24. The number of benzene rings is 2. The van der Waals surface area contributed by atoms with Crippen LogP contribution < -0.4 is 25.8 Å². The number of nitrogens with zero attached hydrogens (tertiary/aromatic N) is 1. The number of carboxylic acid groups (broad SMARTS) is 1. The number of halogens is 3. The van der Waals surface area contributed by atoms with Crippen molar-refractivity contribution in [2.45, 2.75) is 18.9 Å². The minimum atomic E-state index is -1.12. The van der Waals surface area contributed by atoms with Crippen LogP contribution in [0, 0.1) is 5.92 Å². The van der Waals surface area contributed by atoms with Crippen molar-refractivity contribution in [2.24, 2.45) is 5.92 Å². The van der Waals surface area contributed by atoms with E-state index in [2.05, 4.69) is 15.5 Å². The highest BCUT2D eigenvalue weighted by Crippen LogP contribution is 2.29. The number of nitrogen functional groups attached to an aromatic ring is 1. The van der Waals surface area contributed by atoms with Crippen LogP contribution in [-0.2, 0) is 0 Å². The Hall–Kier alpha value is -2.59. The summed E-state index contributed by atoms with van der Waals surface area (Å²) in [5.74, 6) is 0.811. The molecule has 1 aliphatic rings. The summed E-state index contributed by atoms with van der Waals surface area (Å²) in [6, 6.07) is 7.46. The number of anilines is 1. The molecule has 0 radical (unpaired) electrons. The summed E-state index contributed by atoms with van der Waals surface area (Å²) < 4.78 is 11.0. The van der Waals surface area contributed by atoms with Gasteiger partial charge in [0.1, 0.15) is 18.1 Å². The second-order valence-electron chi connectivity index (χ2n) is 8.56. The topological polar surface area (TPSA) is 126 Å². The summed E-state index contributed by atoms with van der Waals surface area (Å²) in [5, 5.41) is 15.8. The lowest BCUT2D eigenvalue weighted by molar-refractivity contribution is 0.0929. The van der Waals surface area contributed by atoms with Crippen molar-refractivity contribution in [3.63, 3.8) is 0 Å². The number of likely N-dealkylation sites (tertiary alicyclic amines) is 1. The molecule has 1 atom stereocenters. The molecule has 9 nitrogen and oxygen atoms in total. The van der Waals surface area contributed by atoms with Crippen molar-refractivity contribution in [3.05, 3.63) is 51.0 Å². The fraction of sp³-hybridized carbons (Fsp3) is 0.417. The van der Waals surface area contributed by atoms with Crippen LogP contribution in [0.25, 0.3) is 0 Å². The molecule has 0 bridgehead atoms. The lowest BCUT2D eigenvalue weighted by atomic mass is 9.96. The van der Waals surface area contributed by atoms with Crippen LogP contribution in [0.3, 0.4) is 0 Å². The van der Waals surface area contributed by atoms with Crippen LogP contribution in [0.2, 0.25) is 15.1 Å². The molecule has 1 heterocycles. The van der Waals surface area contributed by atoms with Crippen LogP contribution in [0.5, 0.6) is 11.5 Å². The van der Waals surface area contributed by atoms with E-state index < -0.39 is 12.1 Å². The van der Waals surface area contributed by atoms with Gasteiger partial charge in [0, 0.05) is 24.2 Å². The van der Waals surface area contributed by atoms with Gasteiger partial charge in [0.15, 0.2) is 0 Å². The second-order valence-corrected chi connectivity index (χ2v) is 9.81. The summed E-state index contributed by atoms with van der Waals surface area (Å²) >= 11 is 18.1. The summed E-state index contributed by atoms with van der Waals surface area (Å²) in [4.78, 5) is 26.1. The first-order valence-corrected chi connectivity index (χ1v) is 12.5. The Morgan fingerprint density at radius 3 is 2.50 bits per heavy atom. The third-order valence-corrected chi connectivity index (χ3v) is 6.82. The second kappa shape index (κ2) is 13.1. The van der Waals surface area contributed by atoms with E-state index in [1.54, 1.807) is 18.2 Å². The summed E-state index contributed by atoms with van der Waals surface area (Å²) in [6.07, 6.45) is 0.578. The molecule has 0 aliphatic carbocycles. The van der Waals surface area contributed by atoms with Crippen molar-refractivity contribution in [1.82, 2.24) is 15.5 Å². The number of piperidine rings is 1. The maximum atomic E-state index is 12.7. The van der Waals surface area contributed by atoms with Gasteiger partial charge >= 0.3 is 6.09 Å². The number of nitrogens with two attached hydrogens (primary N) is 1. The Balaban J connectivity index is 1.48. The third-order valence-electron chi connectivity index (χ3n) is 5.96. The lowest BCUT2D eigenvalue weighted by Crippen LogP contribution is -2.49. The Kier molecular flexibility index (Phi) is 10.2. The molecule has 1 saturated heterocycles. The van der Waals surface area contributed by atoms with Crippen LogP contribution in [0.4, 0.5) is 10.5 Å². The smallest absolute Gasteiger partial charge is 0.405 e. The van der Waals surface area contributed by atoms with Gasteiger partial charge in [-0.15, -0.1) is 0 Å². The van der Waals surface area contributed by atoms with Gasteiger partial charge in [-0.25, -0.2) is 4.79 Å². The number of ether oxygens (including phenoxy) is 2. The van der Waals surface area contributed by atoms with Gasteiger partial charge < -0.3 is 35.8 Å². The van der Waals surface area contributed by atoms with E-state index in [1.165, 1.54) is 19.2 Å². The molecule has 0 aromatic heterocycles. The zero-order valence-electron chi connectivity index (χ0n) is 19.7. The number of rotatable bonds is 10. The van der Waals surface area contributed by atoms with E-state index in [0.717, 1.165) is 25.9 Å². The van der Waals surface area contributed by atoms with Crippen LogP contribution in [0.1, 0.15) is 23.2 Å². The maximum absolute atomic E-state index is 12.7. The molecular formula is C24H29Cl3N4O5. The predicted octanol–water partition coefficient (Wildman–Crippen LogP) is 4.39. The molecule has 2 aromatic carbocycles. The van der Waals surface area contributed by atoms with Crippen molar-refractivity contribution >= 4 is 52.5 Å². The molecule has 1 aliphatic heterocycles. The first-order valence-electron chi connectivity index (χ1n) is 11.4. The van der Waals surface area contributed by atoms with Gasteiger partial charge in [-0.05, 0) is 56.1 Å². The quantitative estimate of drug-likeness (QED) is 0.318. The van der Waals surface area contributed by atoms with Crippen molar-refractivity contribution in [3.8, 4) is 11.5 Å². The number of nitrogens with one attached hydrogen (secondary N) is 2. The number of amides is 2. The first-order chi connectivity index (χ1) is 17.2. The molecule has 2 amide bonds. The fourth-order valence-corrected chi connectivity index (χ4v) is 4.66. The Morgan fingerprint density at radius 2 is 1.86 bits per heavy atom. The average molecular weight is 560 g/mol. The minimum Gasteiger partial charge on any atom is -0.496 e. The zero-order chi connectivity index (χ0) is 26.2. The van der Waals surface area contributed by atoms with Crippen molar-refractivity contribution < 1.29 is 24.2 Å². The van der Waals surface area contributed by atoms with Gasteiger partial charge in [-0.1, -0.05) is 34.8 Å². The van der Waals surface area contributed by atoms with Gasteiger partial charge in [0.05, 0.1) is 34.4 Å². The molecule has 36 heavy (non-hydrogen) atoms. The van der Waals surface area contributed by atoms with E-state index in [9.17, 15) is 14.7 Å². The Labute approximate surface area is 224 Å².